The summed E-state index contributed by atoms with van der Waals surface area (Å²) >= 11 is 0. The zero-order valence-electron chi connectivity index (χ0n) is 9.30. The highest BCUT2D eigenvalue weighted by molar-refractivity contribution is 6.03. The number of H-pyrrole nitrogens is 1. The van der Waals surface area contributed by atoms with Gasteiger partial charge in [0, 0.05) is 12.4 Å². The average molecular weight is 234 g/mol. The summed E-state index contributed by atoms with van der Waals surface area (Å²) in [5.74, 6) is 0.224. The second-order valence-corrected chi connectivity index (χ2v) is 3.04. The fraction of sp³-hybridized carbons (Fsp3) is 0.200. The molecule has 1 N–H and O–H groups in total. The highest BCUT2D eigenvalue weighted by atomic mass is 16.5. The van der Waals surface area contributed by atoms with Gasteiger partial charge < -0.3 is 14.5 Å². The molecule has 0 bridgehead atoms. The summed E-state index contributed by atoms with van der Waals surface area (Å²) in [6.45, 7) is 0. The Hall–Kier alpha value is -2.44. The van der Waals surface area contributed by atoms with Crippen LogP contribution in [0, 0.1) is 0 Å². The van der Waals surface area contributed by atoms with Crippen LogP contribution in [0.5, 0.6) is 11.8 Å². The monoisotopic (exact) mass is 234 g/mol. The van der Waals surface area contributed by atoms with Crippen molar-refractivity contribution < 1.29 is 14.3 Å². The molecule has 0 aliphatic heterocycles. The van der Waals surface area contributed by atoms with Gasteiger partial charge in [-0.25, -0.2) is 4.98 Å². The van der Waals surface area contributed by atoms with E-state index in [4.69, 9.17) is 9.47 Å². The quantitative estimate of drug-likeness (QED) is 0.772. The van der Waals surface area contributed by atoms with E-state index >= 15 is 0 Å². The van der Waals surface area contributed by atoms with E-state index in [9.17, 15) is 4.79 Å². The third-order valence-corrected chi connectivity index (χ3v) is 2.01. The Kier molecular flexibility index (Phi) is 2.99. The molecule has 0 spiro atoms. The van der Waals surface area contributed by atoms with Gasteiger partial charge in [-0.1, -0.05) is 0 Å². The Balaban J connectivity index is 2.41. The van der Waals surface area contributed by atoms with E-state index in [-0.39, 0.29) is 23.4 Å². The Morgan fingerprint density at radius 1 is 1.24 bits per heavy atom. The van der Waals surface area contributed by atoms with Crippen LogP contribution in [0.25, 0.3) is 0 Å². The number of nitrogens with one attached hydrogen (secondary N) is 1. The largest absolute Gasteiger partial charge is 0.481 e. The molecule has 0 fully saturated rings. The van der Waals surface area contributed by atoms with Crippen LogP contribution >= 0.6 is 0 Å². The minimum atomic E-state index is -0.424. The average Bonchev–Trinajstić information content (AvgIpc) is 2.91. The van der Waals surface area contributed by atoms with Crippen LogP contribution in [0.2, 0.25) is 0 Å². The Morgan fingerprint density at radius 2 is 1.88 bits per heavy atom. The second-order valence-electron chi connectivity index (χ2n) is 3.04. The van der Waals surface area contributed by atoms with E-state index in [2.05, 4.69) is 19.9 Å². The lowest BCUT2D eigenvalue weighted by atomic mass is 10.3. The van der Waals surface area contributed by atoms with Gasteiger partial charge in [-0.05, 0) is 0 Å². The first-order chi connectivity index (χ1) is 8.24. The number of aromatic amines is 1. The van der Waals surface area contributed by atoms with Crippen LogP contribution < -0.4 is 9.47 Å². The third kappa shape index (κ3) is 2.22. The molecule has 0 saturated carbocycles. The number of hydrogen-bond acceptors (Lipinski definition) is 6. The highest BCUT2D eigenvalue weighted by Gasteiger charge is 2.17. The fourth-order valence-electron chi connectivity index (χ4n) is 1.21. The minimum absolute atomic E-state index is 0.0313. The lowest BCUT2D eigenvalue weighted by Gasteiger charge is -2.04. The third-order valence-electron chi connectivity index (χ3n) is 2.01. The topological polar surface area (TPSA) is 90.0 Å². The number of carbonyl (C=O) groups excluding carboxylic acids is 1. The van der Waals surface area contributed by atoms with Gasteiger partial charge in [-0.3, -0.25) is 4.79 Å². The van der Waals surface area contributed by atoms with Crippen molar-refractivity contribution in [1.82, 2.24) is 19.9 Å². The van der Waals surface area contributed by atoms with Crippen molar-refractivity contribution in [2.75, 3.05) is 14.2 Å². The Morgan fingerprint density at radius 3 is 2.35 bits per heavy atom. The van der Waals surface area contributed by atoms with Crippen molar-refractivity contribution in [2.45, 2.75) is 0 Å². The molecule has 0 aliphatic carbocycles. The Bertz CT molecular complexity index is 502. The van der Waals surface area contributed by atoms with Gasteiger partial charge in [0.2, 0.25) is 17.6 Å². The van der Waals surface area contributed by atoms with E-state index in [1.54, 1.807) is 6.20 Å². The second kappa shape index (κ2) is 4.60. The van der Waals surface area contributed by atoms with Crippen LogP contribution in [0.1, 0.15) is 16.4 Å². The van der Waals surface area contributed by atoms with Gasteiger partial charge >= 0.3 is 0 Å². The van der Waals surface area contributed by atoms with E-state index in [0.717, 1.165) is 0 Å². The van der Waals surface area contributed by atoms with Gasteiger partial charge in [-0.2, -0.15) is 9.97 Å². The predicted molar refractivity (Wildman–Crippen MR) is 57.2 cm³/mol. The lowest BCUT2D eigenvalue weighted by Crippen LogP contribution is -2.10. The fourth-order valence-corrected chi connectivity index (χ4v) is 1.21. The van der Waals surface area contributed by atoms with Crippen LogP contribution in [0.4, 0.5) is 0 Å². The van der Waals surface area contributed by atoms with Gasteiger partial charge in [-0.15, -0.1) is 0 Å². The number of aromatic nitrogens is 4. The first kappa shape index (κ1) is 11.1. The maximum Gasteiger partial charge on any atom is 0.265 e. The van der Waals surface area contributed by atoms with Gasteiger partial charge in [0.25, 0.3) is 5.78 Å². The molecule has 2 heterocycles. The van der Waals surface area contributed by atoms with E-state index in [1.165, 1.54) is 26.5 Å². The zero-order chi connectivity index (χ0) is 12.3. The maximum absolute atomic E-state index is 11.9. The van der Waals surface area contributed by atoms with E-state index in [1.807, 2.05) is 0 Å². The molecule has 7 heteroatoms. The summed E-state index contributed by atoms with van der Waals surface area (Å²) in [6.07, 6.45) is 3.02. The summed E-state index contributed by atoms with van der Waals surface area (Å²) in [4.78, 5) is 26.3. The number of rotatable bonds is 4. The SMILES string of the molecule is COc1cc(OC)nc(C(=O)c2ncc[nH]2)n1. The lowest BCUT2D eigenvalue weighted by molar-refractivity contribution is 0.101. The number of carbonyl (C=O) groups is 1. The van der Waals surface area contributed by atoms with Gasteiger partial charge in [0.1, 0.15) is 0 Å². The molecule has 0 unspecified atom stereocenters. The van der Waals surface area contributed by atoms with Crippen LogP contribution in [-0.2, 0) is 0 Å². The van der Waals surface area contributed by atoms with Crippen LogP contribution in [0.3, 0.4) is 0 Å². The van der Waals surface area contributed by atoms with E-state index < -0.39 is 5.78 Å². The summed E-state index contributed by atoms with van der Waals surface area (Å²) in [5.41, 5.74) is 0. The predicted octanol–water partition coefficient (Wildman–Crippen LogP) is 0.448. The van der Waals surface area contributed by atoms with Crippen molar-refractivity contribution in [1.29, 1.82) is 0 Å². The molecule has 17 heavy (non-hydrogen) atoms. The molecule has 0 aliphatic rings. The van der Waals surface area contributed by atoms with Crippen molar-refractivity contribution in [2.24, 2.45) is 0 Å². The number of ketones is 1. The molecule has 0 aromatic carbocycles. The molecule has 7 nitrogen and oxygen atoms in total. The molecule has 2 aromatic heterocycles. The first-order valence-electron chi connectivity index (χ1n) is 4.75. The maximum atomic E-state index is 11.9. The molecular weight excluding hydrogens is 224 g/mol. The number of hydrogen-bond donors (Lipinski definition) is 1. The molecule has 0 amide bonds. The zero-order valence-corrected chi connectivity index (χ0v) is 9.30. The van der Waals surface area contributed by atoms with E-state index in [0.29, 0.717) is 0 Å². The molecular formula is C10H10N4O3. The number of nitrogens with zero attached hydrogens (tertiary/aromatic N) is 3. The van der Waals surface area contributed by atoms with Crippen LogP contribution in [-0.4, -0.2) is 39.9 Å². The molecule has 0 radical (unpaired) electrons. The highest BCUT2D eigenvalue weighted by Crippen LogP contribution is 2.15. The summed E-state index contributed by atoms with van der Waals surface area (Å²) in [7, 11) is 2.89. The molecule has 88 valence electrons. The normalized spacial score (nSPS) is 10.0. The Labute approximate surface area is 96.8 Å². The summed E-state index contributed by atoms with van der Waals surface area (Å²) < 4.78 is 9.90. The smallest absolute Gasteiger partial charge is 0.265 e. The van der Waals surface area contributed by atoms with Gasteiger partial charge in [0.15, 0.2) is 5.82 Å². The van der Waals surface area contributed by atoms with Crippen molar-refractivity contribution >= 4 is 5.78 Å². The number of imidazole rings is 1. The standard InChI is InChI=1S/C10H10N4O3/c1-16-6-5-7(17-2)14-10(13-6)8(15)9-11-3-4-12-9/h3-5H,1-2H3,(H,11,12). The van der Waals surface area contributed by atoms with Crippen molar-refractivity contribution in [3.05, 3.63) is 30.1 Å². The van der Waals surface area contributed by atoms with Crippen molar-refractivity contribution in [3.63, 3.8) is 0 Å². The van der Waals surface area contributed by atoms with Crippen LogP contribution in [0.15, 0.2) is 18.5 Å². The first-order valence-corrected chi connectivity index (χ1v) is 4.75. The molecule has 0 saturated heterocycles. The number of methoxy groups -OCH3 is 2. The number of ether oxygens (including phenoxy) is 2. The molecule has 2 rings (SSSR count). The molecule has 0 atom stereocenters. The summed E-state index contributed by atoms with van der Waals surface area (Å²) in [5, 5.41) is 0. The van der Waals surface area contributed by atoms with Gasteiger partial charge in [0.05, 0.1) is 20.3 Å². The summed E-state index contributed by atoms with van der Waals surface area (Å²) in [6, 6.07) is 1.49. The minimum Gasteiger partial charge on any atom is -0.481 e. The van der Waals surface area contributed by atoms with Crippen molar-refractivity contribution in [3.8, 4) is 11.8 Å². The molecule has 2 aromatic rings.